The Morgan fingerprint density at radius 3 is 2.19 bits per heavy atom. The molecule has 2 N–H and O–H groups in total. The average molecular weight is 310 g/mol. The van der Waals surface area contributed by atoms with Crippen molar-refractivity contribution in [2.45, 2.75) is 63.4 Å². The zero-order chi connectivity index (χ0) is 15.5. The van der Waals surface area contributed by atoms with Crippen molar-refractivity contribution < 1.29 is 8.42 Å². The van der Waals surface area contributed by atoms with E-state index in [0.29, 0.717) is 16.9 Å². The van der Waals surface area contributed by atoms with Gasteiger partial charge < -0.3 is 5.32 Å². The van der Waals surface area contributed by atoms with Gasteiger partial charge in [-0.3, -0.25) is 0 Å². The molecule has 21 heavy (non-hydrogen) atoms. The summed E-state index contributed by atoms with van der Waals surface area (Å²) in [5.41, 5.74) is 0.972. The molecule has 0 radical (unpaired) electrons. The number of rotatable bonds is 8. The lowest BCUT2D eigenvalue weighted by molar-refractivity contribution is 0.438. The van der Waals surface area contributed by atoms with Crippen LogP contribution in [0.1, 0.15) is 46.5 Å². The zero-order valence-electron chi connectivity index (χ0n) is 13.1. The van der Waals surface area contributed by atoms with E-state index in [2.05, 4.69) is 30.8 Å². The molecular formula is C16H26N2O2S. The third kappa shape index (κ3) is 4.45. The molecule has 0 saturated heterocycles. The second-order valence-corrected chi connectivity index (χ2v) is 7.64. The highest BCUT2D eigenvalue weighted by atomic mass is 32.2. The van der Waals surface area contributed by atoms with E-state index in [1.54, 1.807) is 12.1 Å². The Balaban J connectivity index is 2.01. The first-order valence-corrected chi connectivity index (χ1v) is 9.33. The van der Waals surface area contributed by atoms with Crippen molar-refractivity contribution in [2.75, 3.05) is 5.32 Å². The van der Waals surface area contributed by atoms with Gasteiger partial charge in [-0.15, -0.1) is 0 Å². The topological polar surface area (TPSA) is 58.2 Å². The maximum Gasteiger partial charge on any atom is 0.240 e. The molecule has 5 heteroatoms. The van der Waals surface area contributed by atoms with E-state index in [1.807, 2.05) is 12.1 Å². The van der Waals surface area contributed by atoms with Crippen molar-refractivity contribution in [2.24, 2.45) is 5.92 Å². The molecular weight excluding hydrogens is 284 g/mol. The Labute approximate surface area is 128 Å². The summed E-state index contributed by atoms with van der Waals surface area (Å²) in [7, 11) is -3.35. The van der Waals surface area contributed by atoms with Gasteiger partial charge in [0.2, 0.25) is 10.0 Å². The highest BCUT2D eigenvalue weighted by molar-refractivity contribution is 7.89. The zero-order valence-corrected chi connectivity index (χ0v) is 13.9. The molecule has 0 heterocycles. The maximum atomic E-state index is 12.1. The lowest BCUT2D eigenvalue weighted by atomic mass is 9.95. The number of nitrogens with one attached hydrogen (secondary N) is 2. The number of benzene rings is 1. The summed E-state index contributed by atoms with van der Waals surface area (Å²) in [6.07, 6.45) is 4.18. The molecule has 0 aromatic heterocycles. The van der Waals surface area contributed by atoms with Crippen LogP contribution in [0.3, 0.4) is 0 Å². The molecule has 1 aliphatic rings. The largest absolute Gasteiger partial charge is 0.382 e. The summed E-state index contributed by atoms with van der Waals surface area (Å²) in [6, 6.07) is 7.56. The van der Waals surface area contributed by atoms with Gasteiger partial charge in [-0.25, -0.2) is 13.1 Å². The van der Waals surface area contributed by atoms with Gasteiger partial charge in [0.15, 0.2) is 0 Å². The summed E-state index contributed by atoms with van der Waals surface area (Å²) in [4.78, 5) is 0.343. The van der Waals surface area contributed by atoms with Crippen LogP contribution in [0.15, 0.2) is 29.2 Å². The molecule has 0 spiro atoms. The SMILES string of the molecule is CCC(CC)C(C)Nc1ccc(S(=O)(=O)NC2CC2)cc1. The first kappa shape index (κ1) is 16.3. The first-order valence-electron chi connectivity index (χ1n) is 7.85. The lowest BCUT2D eigenvalue weighted by Crippen LogP contribution is -2.26. The fraction of sp³-hybridized carbons (Fsp3) is 0.625. The van der Waals surface area contributed by atoms with Crippen molar-refractivity contribution in [3.63, 3.8) is 0 Å². The van der Waals surface area contributed by atoms with Crippen LogP contribution < -0.4 is 10.0 Å². The summed E-state index contributed by atoms with van der Waals surface area (Å²) in [5, 5.41) is 3.46. The molecule has 4 nitrogen and oxygen atoms in total. The Morgan fingerprint density at radius 1 is 1.14 bits per heavy atom. The highest BCUT2D eigenvalue weighted by Crippen LogP contribution is 2.23. The third-order valence-electron chi connectivity index (χ3n) is 4.21. The van der Waals surface area contributed by atoms with Crippen molar-refractivity contribution in [3.8, 4) is 0 Å². The molecule has 1 aromatic carbocycles. The Hall–Kier alpha value is -1.07. The smallest absolute Gasteiger partial charge is 0.240 e. The van der Waals surface area contributed by atoms with E-state index in [9.17, 15) is 8.42 Å². The number of hydrogen-bond donors (Lipinski definition) is 2. The van der Waals surface area contributed by atoms with Crippen molar-refractivity contribution in [1.29, 1.82) is 0 Å². The molecule has 118 valence electrons. The summed E-state index contributed by atoms with van der Waals surface area (Å²) in [5.74, 6) is 0.630. The quantitative estimate of drug-likeness (QED) is 0.774. The molecule has 0 aliphatic heterocycles. The lowest BCUT2D eigenvalue weighted by Gasteiger charge is -2.23. The van der Waals surface area contributed by atoms with Gasteiger partial charge in [-0.05, 0) is 49.9 Å². The van der Waals surface area contributed by atoms with Crippen molar-refractivity contribution >= 4 is 15.7 Å². The van der Waals surface area contributed by atoms with Crippen LogP contribution in [0, 0.1) is 5.92 Å². The fourth-order valence-electron chi connectivity index (χ4n) is 2.60. The van der Waals surface area contributed by atoms with Gasteiger partial charge >= 0.3 is 0 Å². The van der Waals surface area contributed by atoms with Gasteiger partial charge in [-0.1, -0.05) is 26.7 Å². The van der Waals surface area contributed by atoms with Crippen molar-refractivity contribution in [1.82, 2.24) is 4.72 Å². The van der Waals surface area contributed by atoms with Crippen LogP contribution in [0.4, 0.5) is 5.69 Å². The molecule has 1 aliphatic carbocycles. The highest BCUT2D eigenvalue weighted by Gasteiger charge is 2.27. The van der Waals surface area contributed by atoms with Crippen LogP contribution >= 0.6 is 0 Å². The molecule has 0 amide bonds. The monoisotopic (exact) mass is 310 g/mol. The summed E-state index contributed by atoms with van der Waals surface area (Å²) in [6.45, 7) is 6.58. The fourth-order valence-corrected chi connectivity index (χ4v) is 3.90. The molecule has 1 saturated carbocycles. The molecule has 1 fully saturated rings. The molecule has 2 rings (SSSR count). The second-order valence-electron chi connectivity index (χ2n) is 5.93. The Bertz CT molecular complexity index is 546. The van der Waals surface area contributed by atoms with E-state index in [1.165, 1.54) is 0 Å². The molecule has 1 atom stereocenters. The number of sulfonamides is 1. The predicted octanol–water partition coefficient (Wildman–Crippen LogP) is 3.36. The molecule has 0 bridgehead atoms. The van der Waals surface area contributed by atoms with Crippen LogP contribution in [0.5, 0.6) is 0 Å². The second kappa shape index (κ2) is 6.79. The van der Waals surface area contributed by atoms with Gasteiger partial charge in [-0.2, -0.15) is 0 Å². The molecule has 1 unspecified atom stereocenters. The Morgan fingerprint density at radius 2 is 1.71 bits per heavy atom. The minimum atomic E-state index is -3.35. The summed E-state index contributed by atoms with van der Waals surface area (Å²) >= 11 is 0. The van der Waals surface area contributed by atoms with E-state index in [0.717, 1.165) is 31.4 Å². The van der Waals surface area contributed by atoms with Crippen LogP contribution in [-0.4, -0.2) is 20.5 Å². The van der Waals surface area contributed by atoms with Gasteiger partial charge in [0.1, 0.15) is 0 Å². The Kier molecular flexibility index (Phi) is 5.27. The van der Waals surface area contributed by atoms with Crippen LogP contribution in [-0.2, 0) is 10.0 Å². The van der Waals surface area contributed by atoms with Crippen molar-refractivity contribution in [3.05, 3.63) is 24.3 Å². The minimum absolute atomic E-state index is 0.141. The van der Waals surface area contributed by atoms with Gasteiger partial charge in [0.25, 0.3) is 0 Å². The molecule has 1 aromatic rings. The van der Waals surface area contributed by atoms with E-state index < -0.39 is 10.0 Å². The standard InChI is InChI=1S/C16H26N2O2S/c1-4-13(5-2)12(3)17-14-8-10-16(11-9-14)21(19,20)18-15-6-7-15/h8-13,15,17-18H,4-7H2,1-3H3. The van der Waals surface area contributed by atoms with Gasteiger partial charge in [0.05, 0.1) is 4.90 Å². The van der Waals surface area contributed by atoms with Crippen LogP contribution in [0.2, 0.25) is 0 Å². The number of hydrogen-bond acceptors (Lipinski definition) is 3. The van der Waals surface area contributed by atoms with E-state index in [-0.39, 0.29) is 6.04 Å². The van der Waals surface area contributed by atoms with E-state index in [4.69, 9.17) is 0 Å². The maximum absolute atomic E-state index is 12.1. The predicted molar refractivity (Wildman–Crippen MR) is 86.9 cm³/mol. The van der Waals surface area contributed by atoms with E-state index >= 15 is 0 Å². The first-order chi connectivity index (χ1) is 9.96. The minimum Gasteiger partial charge on any atom is -0.382 e. The normalized spacial score (nSPS) is 17.0. The van der Waals surface area contributed by atoms with Gasteiger partial charge in [0, 0.05) is 17.8 Å². The van der Waals surface area contributed by atoms with Crippen LogP contribution in [0.25, 0.3) is 0 Å². The average Bonchev–Trinajstić information content (AvgIpc) is 3.24. The third-order valence-corrected chi connectivity index (χ3v) is 5.75. The summed E-state index contributed by atoms with van der Waals surface area (Å²) < 4.78 is 26.9. The number of anilines is 1.